The van der Waals surface area contributed by atoms with Gasteiger partial charge in [-0.25, -0.2) is 8.78 Å². The Hall–Kier alpha value is -3.50. The quantitative estimate of drug-likeness (QED) is 0.364. The van der Waals surface area contributed by atoms with E-state index < -0.39 is 11.7 Å². The van der Waals surface area contributed by atoms with Crippen LogP contribution in [0.3, 0.4) is 0 Å². The summed E-state index contributed by atoms with van der Waals surface area (Å²) in [4.78, 5) is 12.3. The van der Waals surface area contributed by atoms with Crippen LogP contribution in [0.5, 0.6) is 5.75 Å². The number of carbonyl (C=O) groups is 1. The van der Waals surface area contributed by atoms with Gasteiger partial charge in [0, 0.05) is 5.69 Å². The number of nitrogens with zero attached hydrogens (tertiary/aromatic N) is 1. The van der Waals surface area contributed by atoms with E-state index in [4.69, 9.17) is 4.74 Å². The molecule has 1 amide bonds. The molecule has 0 saturated carbocycles. The number of ether oxygens (including phenoxy) is 1. The number of hydrogen-bond donors (Lipinski definition) is 1. The van der Waals surface area contributed by atoms with E-state index in [2.05, 4.69) is 21.2 Å². The first kappa shape index (κ1) is 21.2. The molecular formula is C23H15BrF2N2O2. The number of carbonyl (C=O) groups excluding carboxylic acids is 1. The lowest BCUT2D eigenvalue weighted by Crippen LogP contribution is -2.13. The summed E-state index contributed by atoms with van der Waals surface area (Å²) in [6, 6.07) is 18.3. The lowest BCUT2D eigenvalue weighted by molar-refractivity contribution is -0.112. The predicted octanol–water partition coefficient (Wildman–Crippen LogP) is 5.85. The van der Waals surface area contributed by atoms with Crippen molar-refractivity contribution in [3.8, 4) is 11.8 Å². The Kier molecular flexibility index (Phi) is 6.94. The fourth-order valence-electron chi connectivity index (χ4n) is 2.56. The third-order valence-corrected chi connectivity index (χ3v) is 4.64. The highest BCUT2D eigenvalue weighted by atomic mass is 79.9. The van der Waals surface area contributed by atoms with Gasteiger partial charge in [0.1, 0.15) is 35.6 Å². The van der Waals surface area contributed by atoms with E-state index in [1.807, 2.05) is 6.07 Å². The number of nitriles is 1. The van der Waals surface area contributed by atoms with Gasteiger partial charge in [-0.2, -0.15) is 5.26 Å². The molecule has 0 spiro atoms. The van der Waals surface area contributed by atoms with Crippen molar-refractivity contribution in [1.82, 2.24) is 0 Å². The van der Waals surface area contributed by atoms with Gasteiger partial charge in [0.2, 0.25) is 0 Å². The summed E-state index contributed by atoms with van der Waals surface area (Å²) in [6.07, 6.45) is 1.43. The number of nitrogens with one attached hydrogen (secondary N) is 1. The van der Waals surface area contributed by atoms with Crippen molar-refractivity contribution >= 4 is 33.6 Å². The van der Waals surface area contributed by atoms with Crippen LogP contribution in [-0.4, -0.2) is 5.91 Å². The molecular weight excluding hydrogens is 454 g/mol. The Morgan fingerprint density at radius 1 is 1.07 bits per heavy atom. The van der Waals surface area contributed by atoms with Gasteiger partial charge in [-0.1, -0.05) is 18.2 Å². The molecule has 1 N–H and O–H groups in total. The fraction of sp³-hybridized carbons (Fsp3) is 0.0435. The maximum absolute atomic E-state index is 13.3. The van der Waals surface area contributed by atoms with Crippen molar-refractivity contribution < 1.29 is 18.3 Å². The molecule has 0 aliphatic heterocycles. The molecule has 0 bridgehead atoms. The third-order valence-electron chi connectivity index (χ3n) is 4.02. The van der Waals surface area contributed by atoms with Crippen molar-refractivity contribution in [3.63, 3.8) is 0 Å². The minimum Gasteiger partial charge on any atom is -0.488 e. The number of amides is 1. The zero-order valence-electron chi connectivity index (χ0n) is 15.5. The molecule has 0 fully saturated rings. The third kappa shape index (κ3) is 5.75. The van der Waals surface area contributed by atoms with Gasteiger partial charge in [-0.3, -0.25) is 4.79 Å². The van der Waals surface area contributed by atoms with Gasteiger partial charge in [-0.05, 0) is 81.7 Å². The topological polar surface area (TPSA) is 62.1 Å². The summed E-state index contributed by atoms with van der Waals surface area (Å²) in [5, 5.41) is 11.9. The van der Waals surface area contributed by atoms with Crippen LogP contribution in [0.4, 0.5) is 14.5 Å². The Bertz CT molecular complexity index is 1140. The first-order chi connectivity index (χ1) is 14.4. The molecule has 0 saturated heterocycles. The number of hydrogen-bond acceptors (Lipinski definition) is 3. The Morgan fingerprint density at radius 3 is 2.50 bits per heavy atom. The Labute approximate surface area is 180 Å². The summed E-state index contributed by atoms with van der Waals surface area (Å²) in [5.74, 6) is -0.829. The Morgan fingerprint density at radius 2 is 1.83 bits per heavy atom. The molecule has 3 aromatic rings. The maximum Gasteiger partial charge on any atom is 0.266 e. The summed E-state index contributed by atoms with van der Waals surface area (Å²) >= 11 is 3.40. The summed E-state index contributed by atoms with van der Waals surface area (Å²) in [6.45, 7) is 0.190. The van der Waals surface area contributed by atoms with Gasteiger partial charge in [0.15, 0.2) is 0 Å². The van der Waals surface area contributed by atoms with E-state index in [1.54, 1.807) is 30.3 Å². The average Bonchev–Trinajstić information content (AvgIpc) is 2.73. The zero-order valence-corrected chi connectivity index (χ0v) is 17.1. The molecule has 30 heavy (non-hydrogen) atoms. The van der Waals surface area contributed by atoms with Crippen LogP contribution >= 0.6 is 15.9 Å². The molecule has 0 aliphatic rings. The van der Waals surface area contributed by atoms with E-state index in [9.17, 15) is 18.8 Å². The lowest BCUT2D eigenvalue weighted by atomic mass is 10.1. The highest BCUT2D eigenvalue weighted by Crippen LogP contribution is 2.28. The number of rotatable bonds is 6. The minimum atomic E-state index is -0.605. The molecule has 3 rings (SSSR count). The predicted molar refractivity (Wildman–Crippen MR) is 113 cm³/mol. The van der Waals surface area contributed by atoms with Gasteiger partial charge < -0.3 is 10.1 Å². The van der Waals surface area contributed by atoms with Crippen molar-refractivity contribution in [2.45, 2.75) is 6.61 Å². The zero-order chi connectivity index (χ0) is 21.5. The van der Waals surface area contributed by atoms with Gasteiger partial charge in [0.25, 0.3) is 5.91 Å². The Balaban J connectivity index is 1.70. The number of benzene rings is 3. The molecule has 0 atom stereocenters. The second kappa shape index (κ2) is 9.81. The van der Waals surface area contributed by atoms with Crippen LogP contribution in [0.2, 0.25) is 0 Å². The molecule has 3 aromatic carbocycles. The van der Waals surface area contributed by atoms with Crippen molar-refractivity contribution in [2.24, 2.45) is 0 Å². The first-order valence-corrected chi connectivity index (χ1v) is 9.59. The van der Waals surface area contributed by atoms with E-state index in [-0.39, 0.29) is 18.0 Å². The van der Waals surface area contributed by atoms with Gasteiger partial charge in [-0.15, -0.1) is 0 Å². The van der Waals surface area contributed by atoms with Crippen LogP contribution in [-0.2, 0) is 11.4 Å². The molecule has 7 heteroatoms. The molecule has 0 radical (unpaired) electrons. The van der Waals surface area contributed by atoms with Crippen LogP contribution in [0, 0.1) is 23.0 Å². The molecule has 150 valence electrons. The molecule has 0 aromatic heterocycles. The highest BCUT2D eigenvalue weighted by molar-refractivity contribution is 9.10. The summed E-state index contributed by atoms with van der Waals surface area (Å²) < 4.78 is 32.5. The van der Waals surface area contributed by atoms with Gasteiger partial charge >= 0.3 is 0 Å². The number of anilines is 1. The number of halogens is 3. The highest BCUT2D eigenvalue weighted by Gasteiger charge is 2.11. The van der Waals surface area contributed by atoms with Crippen molar-refractivity contribution in [1.29, 1.82) is 5.26 Å². The smallest absolute Gasteiger partial charge is 0.266 e. The van der Waals surface area contributed by atoms with E-state index in [0.717, 1.165) is 0 Å². The second-order valence-corrected chi connectivity index (χ2v) is 7.09. The first-order valence-electron chi connectivity index (χ1n) is 8.80. The normalized spacial score (nSPS) is 10.9. The fourth-order valence-corrected chi connectivity index (χ4v) is 3.07. The maximum atomic E-state index is 13.3. The van der Waals surface area contributed by atoms with E-state index in [1.165, 1.54) is 42.5 Å². The SMILES string of the molecule is N#C/C(=C\c1ccc(OCc2cccc(F)c2)c(Br)c1)C(=O)Nc1ccc(F)cc1. The van der Waals surface area contributed by atoms with Crippen molar-refractivity contribution in [3.05, 3.63) is 99.5 Å². The van der Waals surface area contributed by atoms with Crippen molar-refractivity contribution in [2.75, 3.05) is 5.32 Å². The molecule has 0 unspecified atom stereocenters. The van der Waals surface area contributed by atoms with Crippen LogP contribution < -0.4 is 10.1 Å². The largest absolute Gasteiger partial charge is 0.488 e. The van der Waals surface area contributed by atoms with Gasteiger partial charge in [0.05, 0.1) is 4.47 Å². The minimum absolute atomic E-state index is 0.111. The summed E-state index contributed by atoms with van der Waals surface area (Å²) in [7, 11) is 0. The van der Waals surface area contributed by atoms with E-state index in [0.29, 0.717) is 27.0 Å². The molecule has 0 heterocycles. The van der Waals surface area contributed by atoms with Crippen LogP contribution in [0.15, 0.2) is 76.8 Å². The lowest BCUT2D eigenvalue weighted by Gasteiger charge is -2.09. The second-order valence-electron chi connectivity index (χ2n) is 6.24. The average molecular weight is 469 g/mol. The summed E-state index contributed by atoms with van der Waals surface area (Å²) in [5.41, 5.74) is 1.56. The molecule has 4 nitrogen and oxygen atoms in total. The molecule has 0 aliphatic carbocycles. The standard InChI is InChI=1S/C23H15BrF2N2O2/c24-21-12-15(4-9-22(21)30-14-16-2-1-3-19(26)11-16)10-17(13-27)23(29)28-20-7-5-18(25)6-8-20/h1-12H,14H2,(H,28,29)/b17-10+. The van der Waals surface area contributed by atoms with E-state index >= 15 is 0 Å². The monoisotopic (exact) mass is 468 g/mol. The van der Waals surface area contributed by atoms with Crippen LogP contribution in [0.25, 0.3) is 6.08 Å². The van der Waals surface area contributed by atoms with Crippen LogP contribution in [0.1, 0.15) is 11.1 Å².